The van der Waals surface area contributed by atoms with Gasteiger partial charge in [0.2, 0.25) is 5.75 Å². The lowest BCUT2D eigenvalue weighted by Crippen LogP contribution is -2.39. The van der Waals surface area contributed by atoms with Crippen LogP contribution in [-0.4, -0.2) is 42.4 Å². The number of nitrogens with zero attached hydrogens (tertiary/aromatic N) is 1. The third-order valence-corrected chi connectivity index (χ3v) is 5.65. The largest absolute Gasteiger partial charge is 0.490 e. The minimum atomic E-state index is -0.771. The highest BCUT2D eigenvalue weighted by atomic mass is 16.5. The Morgan fingerprint density at radius 3 is 2.55 bits per heavy atom. The minimum Gasteiger partial charge on any atom is -0.490 e. The Morgan fingerprint density at radius 2 is 1.85 bits per heavy atom. The Kier molecular flexibility index (Phi) is 6.72. The zero-order valence-corrected chi connectivity index (χ0v) is 19.3. The van der Waals surface area contributed by atoms with Gasteiger partial charge in [-0.2, -0.15) is 0 Å². The van der Waals surface area contributed by atoms with Crippen LogP contribution in [0.1, 0.15) is 25.2 Å². The number of aliphatic hydroxyl groups is 1. The van der Waals surface area contributed by atoms with Crippen molar-refractivity contribution in [1.82, 2.24) is 4.90 Å². The van der Waals surface area contributed by atoms with Gasteiger partial charge in [-0.05, 0) is 32.4 Å². The van der Waals surface area contributed by atoms with Crippen molar-refractivity contribution in [2.24, 2.45) is 0 Å². The second-order valence-corrected chi connectivity index (χ2v) is 8.42. The standard InChI is InChI=1S/C26H29NO6/c1-16(2)27(13-18-8-6-5-7-9-18)14-19(28)15-32-23-20-10-11-31-24(20)26(30-4)25-22(23)21(29)12-17(3)33-25/h5-12,16,19,28H,13-15H2,1-4H3. The fourth-order valence-corrected chi connectivity index (χ4v) is 4.00. The molecule has 0 amide bonds. The number of benzene rings is 2. The molecule has 0 saturated heterocycles. The van der Waals surface area contributed by atoms with E-state index in [0.29, 0.717) is 34.8 Å². The zero-order valence-electron chi connectivity index (χ0n) is 19.3. The van der Waals surface area contributed by atoms with Crippen LogP contribution in [0.5, 0.6) is 11.5 Å². The molecule has 1 atom stereocenters. The number of furan rings is 1. The fraction of sp³-hybridized carbons (Fsp3) is 0.346. The number of aryl methyl sites for hydroxylation is 1. The molecule has 0 saturated carbocycles. The van der Waals surface area contributed by atoms with E-state index in [9.17, 15) is 9.90 Å². The van der Waals surface area contributed by atoms with Gasteiger partial charge in [0.25, 0.3) is 0 Å². The van der Waals surface area contributed by atoms with E-state index in [-0.39, 0.29) is 29.0 Å². The maximum Gasteiger partial charge on any atom is 0.206 e. The summed E-state index contributed by atoms with van der Waals surface area (Å²) in [6.07, 6.45) is 0.736. The van der Waals surface area contributed by atoms with Gasteiger partial charge < -0.3 is 23.4 Å². The molecule has 0 bridgehead atoms. The van der Waals surface area contributed by atoms with E-state index < -0.39 is 6.10 Å². The van der Waals surface area contributed by atoms with Gasteiger partial charge in [-0.1, -0.05) is 30.3 Å². The van der Waals surface area contributed by atoms with Crippen LogP contribution in [0, 0.1) is 6.92 Å². The number of fused-ring (bicyclic) bond motifs is 2. The number of rotatable bonds is 9. The van der Waals surface area contributed by atoms with Crippen molar-refractivity contribution in [3.63, 3.8) is 0 Å². The lowest BCUT2D eigenvalue weighted by atomic mass is 10.1. The molecule has 4 rings (SSSR count). The van der Waals surface area contributed by atoms with E-state index >= 15 is 0 Å². The lowest BCUT2D eigenvalue weighted by molar-refractivity contribution is 0.0551. The molecule has 0 aliphatic heterocycles. The molecular weight excluding hydrogens is 422 g/mol. The summed E-state index contributed by atoms with van der Waals surface area (Å²) in [7, 11) is 1.50. The average molecular weight is 452 g/mol. The Bertz CT molecular complexity index is 1290. The molecule has 1 N–H and O–H groups in total. The number of ether oxygens (including phenoxy) is 2. The van der Waals surface area contributed by atoms with E-state index in [4.69, 9.17) is 18.3 Å². The van der Waals surface area contributed by atoms with Crippen LogP contribution in [0.2, 0.25) is 0 Å². The fourth-order valence-electron chi connectivity index (χ4n) is 4.00. The number of methoxy groups -OCH3 is 1. The summed E-state index contributed by atoms with van der Waals surface area (Å²) in [6.45, 7) is 7.03. The molecule has 0 fully saturated rings. The van der Waals surface area contributed by atoms with Crippen molar-refractivity contribution in [2.75, 3.05) is 20.3 Å². The molecule has 174 valence electrons. The monoisotopic (exact) mass is 451 g/mol. The summed E-state index contributed by atoms with van der Waals surface area (Å²) < 4.78 is 23.0. The van der Waals surface area contributed by atoms with E-state index in [1.165, 1.54) is 25.0 Å². The summed E-state index contributed by atoms with van der Waals surface area (Å²) in [5, 5.41) is 11.7. The van der Waals surface area contributed by atoms with Gasteiger partial charge in [-0.25, -0.2) is 0 Å². The van der Waals surface area contributed by atoms with Crippen LogP contribution in [0.3, 0.4) is 0 Å². The molecule has 0 aliphatic rings. The van der Waals surface area contributed by atoms with Crippen LogP contribution >= 0.6 is 0 Å². The Morgan fingerprint density at radius 1 is 1.09 bits per heavy atom. The Labute approximate surface area is 192 Å². The average Bonchev–Trinajstić information content (AvgIpc) is 3.26. The molecule has 2 aromatic heterocycles. The summed E-state index contributed by atoms with van der Waals surface area (Å²) in [6, 6.07) is 13.5. The minimum absolute atomic E-state index is 0.00698. The number of aliphatic hydroxyl groups excluding tert-OH is 1. The molecule has 4 aromatic rings. The summed E-state index contributed by atoms with van der Waals surface area (Å²) in [4.78, 5) is 15.1. The van der Waals surface area contributed by atoms with Gasteiger partial charge >= 0.3 is 0 Å². The summed E-state index contributed by atoms with van der Waals surface area (Å²) in [5.41, 5.74) is 1.62. The second kappa shape index (κ2) is 9.68. The molecule has 2 heterocycles. The quantitative estimate of drug-likeness (QED) is 0.401. The van der Waals surface area contributed by atoms with Crippen LogP contribution in [0.15, 0.2) is 62.4 Å². The normalized spacial score (nSPS) is 12.7. The molecule has 1 unspecified atom stereocenters. The van der Waals surface area contributed by atoms with Crippen LogP contribution in [-0.2, 0) is 6.54 Å². The molecule has 33 heavy (non-hydrogen) atoms. The predicted octanol–water partition coefficient (Wildman–Crippen LogP) is 4.51. The first-order valence-corrected chi connectivity index (χ1v) is 11.0. The highest BCUT2D eigenvalue weighted by Gasteiger charge is 2.24. The highest BCUT2D eigenvalue weighted by Crippen LogP contribution is 2.42. The lowest BCUT2D eigenvalue weighted by Gasteiger charge is -2.29. The molecule has 7 heteroatoms. The van der Waals surface area contributed by atoms with Gasteiger partial charge in [-0.15, -0.1) is 0 Å². The van der Waals surface area contributed by atoms with E-state index in [1.807, 2.05) is 18.2 Å². The van der Waals surface area contributed by atoms with Crippen molar-refractivity contribution < 1.29 is 23.4 Å². The Hall–Kier alpha value is -3.29. The van der Waals surface area contributed by atoms with Gasteiger partial charge in [0.15, 0.2) is 16.6 Å². The van der Waals surface area contributed by atoms with Gasteiger partial charge in [0, 0.05) is 25.2 Å². The summed E-state index contributed by atoms with van der Waals surface area (Å²) >= 11 is 0. The third kappa shape index (κ3) is 4.74. The maximum absolute atomic E-state index is 12.9. The summed E-state index contributed by atoms with van der Waals surface area (Å²) in [5.74, 6) is 1.12. The molecular formula is C26H29NO6. The van der Waals surface area contributed by atoms with Crippen molar-refractivity contribution in [1.29, 1.82) is 0 Å². The topological polar surface area (TPSA) is 85.3 Å². The first-order chi connectivity index (χ1) is 15.9. The molecule has 2 aromatic carbocycles. The van der Waals surface area contributed by atoms with Crippen molar-refractivity contribution in [3.05, 3.63) is 70.3 Å². The third-order valence-electron chi connectivity index (χ3n) is 5.65. The van der Waals surface area contributed by atoms with Gasteiger partial charge in [0.1, 0.15) is 29.6 Å². The predicted molar refractivity (Wildman–Crippen MR) is 127 cm³/mol. The molecule has 7 nitrogen and oxygen atoms in total. The van der Waals surface area contributed by atoms with Crippen LogP contribution < -0.4 is 14.9 Å². The maximum atomic E-state index is 12.9. The first-order valence-electron chi connectivity index (χ1n) is 11.0. The zero-order chi connectivity index (χ0) is 23.5. The number of hydrogen-bond donors (Lipinski definition) is 1. The van der Waals surface area contributed by atoms with Crippen molar-refractivity contribution in [2.45, 2.75) is 39.5 Å². The van der Waals surface area contributed by atoms with Gasteiger partial charge in [-0.3, -0.25) is 9.69 Å². The molecule has 0 aliphatic carbocycles. The van der Waals surface area contributed by atoms with E-state index in [1.54, 1.807) is 13.0 Å². The Balaban J connectivity index is 1.61. The number of hydrogen-bond acceptors (Lipinski definition) is 7. The van der Waals surface area contributed by atoms with E-state index in [2.05, 4.69) is 30.9 Å². The first kappa shape index (κ1) is 22.9. The second-order valence-electron chi connectivity index (χ2n) is 8.42. The molecule has 0 radical (unpaired) electrons. The van der Waals surface area contributed by atoms with Crippen molar-refractivity contribution >= 4 is 21.9 Å². The SMILES string of the molecule is COc1c2occc2c(OCC(O)CN(Cc2ccccc2)C(C)C)c2c(=O)cc(C)oc12. The highest BCUT2D eigenvalue weighted by molar-refractivity contribution is 6.06. The van der Waals surface area contributed by atoms with Crippen LogP contribution in [0.25, 0.3) is 21.9 Å². The van der Waals surface area contributed by atoms with Crippen LogP contribution in [0.4, 0.5) is 0 Å². The van der Waals surface area contributed by atoms with Crippen molar-refractivity contribution in [3.8, 4) is 11.5 Å². The van der Waals surface area contributed by atoms with Gasteiger partial charge in [0.05, 0.1) is 18.8 Å². The smallest absolute Gasteiger partial charge is 0.206 e. The van der Waals surface area contributed by atoms with E-state index in [0.717, 1.165) is 6.54 Å². The molecule has 0 spiro atoms.